The monoisotopic (exact) mass is 343 g/mol. The van der Waals surface area contributed by atoms with Gasteiger partial charge in [-0.3, -0.25) is 0 Å². The predicted octanol–water partition coefficient (Wildman–Crippen LogP) is 3.70. The van der Waals surface area contributed by atoms with E-state index < -0.39 is 17.3 Å². The molecule has 0 aromatic heterocycles. The Morgan fingerprint density at radius 2 is 0.923 bits per heavy atom. The summed E-state index contributed by atoms with van der Waals surface area (Å²) in [6.45, 7) is 10.9. The molecule has 69 valence electrons. The topological polar surface area (TPSA) is 0 Å². The molecule has 0 rings (SSSR count). The molecule has 0 aliphatic rings. The van der Waals surface area contributed by atoms with Crippen LogP contribution in [0.25, 0.3) is 0 Å². The number of hydrogen-bond acceptors (Lipinski definition) is 0. The second kappa shape index (κ2) is 9.22. The average Bonchev–Trinajstić information content (AvgIpc) is 2.17. The van der Waals surface area contributed by atoms with E-state index in [2.05, 4.69) is 33.1 Å². The third-order valence-electron chi connectivity index (χ3n) is 1.12. The Morgan fingerprint density at radius 1 is 0.615 bits per heavy atom. The zero-order valence-corrected chi connectivity index (χ0v) is 10.7. The van der Waals surface area contributed by atoms with E-state index in [9.17, 15) is 0 Å². The van der Waals surface area contributed by atoms with E-state index in [1.807, 2.05) is 36.5 Å². The molecule has 1 heteroatoms. The van der Waals surface area contributed by atoms with E-state index in [4.69, 9.17) is 0 Å². The van der Waals surface area contributed by atoms with E-state index in [0.29, 0.717) is 0 Å². The van der Waals surface area contributed by atoms with Crippen molar-refractivity contribution in [2.24, 2.45) is 0 Å². The van der Waals surface area contributed by atoms with Gasteiger partial charge < -0.3 is 0 Å². The minimum atomic E-state index is -1.57. The van der Waals surface area contributed by atoms with Crippen molar-refractivity contribution in [2.75, 3.05) is 0 Å². The van der Waals surface area contributed by atoms with Crippen molar-refractivity contribution in [3.05, 3.63) is 69.6 Å². The molecule has 0 nitrogen and oxygen atoms in total. The predicted molar refractivity (Wildman–Crippen MR) is 58.0 cm³/mol. The fourth-order valence-corrected chi connectivity index (χ4v) is 4.71. The second-order valence-corrected chi connectivity index (χ2v) is 7.97. The zero-order valence-electron chi connectivity index (χ0n) is 7.73. The van der Waals surface area contributed by atoms with Crippen molar-refractivity contribution in [3.63, 3.8) is 0 Å². The van der Waals surface area contributed by atoms with Gasteiger partial charge in [0.1, 0.15) is 0 Å². The summed E-state index contributed by atoms with van der Waals surface area (Å²) in [6, 6.07) is 0. The van der Waals surface area contributed by atoms with Crippen LogP contribution in [0.15, 0.2) is 69.6 Å². The third-order valence-corrected chi connectivity index (χ3v) is 6.20. The molecule has 0 saturated heterocycles. The summed E-state index contributed by atoms with van der Waals surface area (Å²) in [5.41, 5.74) is 0. The van der Waals surface area contributed by atoms with Crippen molar-refractivity contribution >= 4 is 0 Å². The first kappa shape index (κ1) is 12.1. The zero-order chi connectivity index (χ0) is 9.94. The third kappa shape index (κ3) is 7.49. The molecule has 0 heterocycles. The van der Waals surface area contributed by atoms with Crippen molar-refractivity contribution in [2.45, 2.75) is 0 Å². The molecule has 0 atom stereocenters. The Labute approximate surface area is 86.9 Å². The molecule has 0 bridgehead atoms. The molecule has 13 heavy (non-hydrogen) atoms. The summed E-state index contributed by atoms with van der Waals surface area (Å²) in [7, 11) is 0. The quantitative estimate of drug-likeness (QED) is 0.645. The number of allylic oxidation sites excluding steroid dienone is 6. The minimum absolute atomic E-state index is 1.57. The van der Waals surface area contributed by atoms with Gasteiger partial charge in [0.2, 0.25) is 0 Å². The second-order valence-electron chi connectivity index (χ2n) is 2.10. The molecule has 0 amide bonds. The van der Waals surface area contributed by atoms with Gasteiger partial charge >= 0.3 is 86.9 Å². The fourth-order valence-electron chi connectivity index (χ4n) is 0.575. The molecule has 0 aromatic rings. The van der Waals surface area contributed by atoms with Gasteiger partial charge in [0.05, 0.1) is 0 Å². The van der Waals surface area contributed by atoms with Gasteiger partial charge in [-0.1, -0.05) is 0 Å². The Balaban J connectivity index is 4.33. The summed E-state index contributed by atoms with van der Waals surface area (Å²) in [6.07, 6.45) is 11.5. The Morgan fingerprint density at radius 3 is 1.15 bits per heavy atom. The van der Waals surface area contributed by atoms with Crippen molar-refractivity contribution in [1.29, 1.82) is 0 Å². The molecule has 0 aromatic carbocycles. The van der Waals surface area contributed by atoms with Gasteiger partial charge in [-0.05, 0) is 0 Å². The SMILES string of the molecule is C=C/C=[CH]/[W](/[CH]=C/C=C)/[CH]=C/C=C. The maximum absolute atomic E-state index is 3.65. The van der Waals surface area contributed by atoms with E-state index in [-0.39, 0.29) is 0 Å². The number of hydrogen-bond donors (Lipinski definition) is 0. The van der Waals surface area contributed by atoms with Crippen LogP contribution in [0.3, 0.4) is 0 Å². The van der Waals surface area contributed by atoms with Crippen molar-refractivity contribution in [1.82, 2.24) is 0 Å². The number of rotatable bonds is 6. The molecule has 0 aliphatic heterocycles. The van der Waals surface area contributed by atoms with E-state index >= 15 is 0 Å². The van der Waals surface area contributed by atoms with Crippen molar-refractivity contribution < 1.29 is 17.3 Å². The molecular formula is C12H15W. The van der Waals surface area contributed by atoms with Gasteiger partial charge in [0.15, 0.2) is 0 Å². The maximum atomic E-state index is 3.65. The van der Waals surface area contributed by atoms with Crippen LogP contribution >= 0.6 is 0 Å². The first-order chi connectivity index (χ1) is 6.35. The molecule has 0 spiro atoms. The van der Waals surface area contributed by atoms with Crippen LogP contribution in [0.4, 0.5) is 0 Å². The van der Waals surface area contributed by atoms with Crippen molar-refractivity contribution in [3.8, 4) is 0 Å². The van der Waals surface area contributed by atoms with E-state index in [0.717, 1.165) is 0 Å². The Bertz CT molecular complexity index is 201. The Kier molecular flexibility index (Phi) is 8.60. The summed E-state index contributed by atoms with van der Waals surface area (Å²) >= 11 is -1.57. The summed E-state index contributed by atoms with van der Waals surface area (Å²) in [5.74, 6) is 0. The van der Waals surface area contributed by atoms with Crippen LogP contribution in [0.5, 0.6) is 0 Å². The molecule has 0 fully saturated rings. The summed E-state index contributed by atoms with van der Waals surface area (Å²) in [5, 5.41) is 0. The molecule has 0 unspecified atom stereocenters. The van der Waals surface area contributed by atoms with Crippen LogP contribution in [0.1, 0.15) is 0 Å². The van der Waals surface area contributed by atoms with Gasteiger partial charge in [0.25, 0.3) is 0 Å². The van der Waals surface area contributed by atoms with E-state index in [1.54, 1.807) is 0 Å². The first-order valence-corrected chi connectivity index (χ1v) is 9.01. The van der Waals surface area contributed by atoms with Crippen LogP contribution in [-0.4, -0.2) is 0 Å². The van der Waals surface area contributed by atoms with Crippen LogP contribution in [0.2, 0.25) is 0 Å². The molecule has 0 N–H and O–H groups in total. The molecular weight excluding hydrogens is 328 g/mol. The standard InChI is InChI=1S/3C4H5.W/c3*1-3-4-2;/h3*1,3-4H,2H2;. The first-order valence-electron chi connectivity index (χ1n) is 3.93. The van der Waals surface area contributed by atoms with Crippen LogP contribution < -0.4 is 0 Å². The van der Waals surface area contributed by atoms with Gasteiger partial charge in [-0.15, -0.1) is 0 Å². The average molecular weight is 343 g/mol. The summed E-state index contributed by atoms with van der Waals surface area (Å²) < 4.78 is 6.73. The fraction of sp³-hybridized carbons (Fsp3) is 0. The normalized spacial score (nSPS) is 11.8. The van der Waals surface area contributed by atoms with Crippen LogP contribution in [0, 0.1) is 0 Å². The van der Waals surface area contributed by atoms with Crippen LogP contribution in [-0.2, 0) is 17.3 Å². The molecule has 0 radical (unpaired) electrons. The van der Waals surface area contributed by atoms with Gasteiger partial charge in [-0.25, -0.2) is 0 Å². The van der Waals surface area contributed by atoms with Gasteiger partial charge in [0, 0.05) is 0 Å². The Hall–Kier alpha value is -0.872. The molecule has 0 saturated carbocycles. The van der Waals surface area contributed by atoms with E-state index in [1.165, 1.54) is 0 Å². The molecule has 0 aliphatic carbocycles. The summed E-state index contributed by atoms with van der Waals surface area (Å²) in [4.78, 5) is 0. The van der Waals surface area contributed by atoms with Gasteiger partial charge in [-0.2, -0.15) is 0 Å².